The van der Waals surface area contributed by atoms with Crippen molar-refractivity contribution in [2.45, 2.75) is 77.2 Å². The third-order valence-corrected chi connectivity index (χ3v) is 7.72. The largest absolute Gasteiger partial charge is 0.373 e. The second-order valence-corrected chi connectivity index (χ2v) is 10.5. The number of unbranched alkanes of at least 4 members (excludes halogenated alkanes) is 4. The second-order valence-electron chi connectivity index (χ2n) is 10.5. The van der Waals surface area contributed by atoms with Crippen molar-refractivity contribution in [3.63, 3.8) is 0 Å². The molecule has 0 saturated carbocycles. The predicted octanol–water partition coefficient (Wildman–Crippen LogP) is 10.4. The molecule has 1 nitrogen and oxygen atoms in total. The molecule has 2 unspecified atom stereocenters. The Morgan fingerprint density at radius 2 is 1.58 bits per heavy atom. The van der Waals surface area contributed by atoms with E-state index in [1.807, 2.05) is 12.1 Å². The Bertz CT molecular complexity index is 1190. The summed E-state index contributed by atoms with van der Waals surface area (Å²) in [6, 6.07) is 15.5. The van der Waals surface area contributed by atoms with Crippen molar-refractivity contribution < 1.29 is 17.9 Å². The van der Waals surface area contributed by atoms with Crippen molar-refractivity contribution in [2.24, 2.45) is 5.92 Å². The molecule has 38 heavy (non-hydrogen) atoms. The predicted molar refractivity (Wildman–Crippen MR) is 150 cm³/mol. The highest BCUT2D eigenvalue weighted by molar-refractivity contribution is 5.71. The van der Waals surface area contributed by atoms with Gasteiger partial charge >= 0.3 is 0 Å². The van der Waals surface area contributed by atoms with E-state index in [1.54, 1.807) is 48.5 Å². The summed E-state index contributed by atoms with van der Waals surface area (Å²) in [6.07, 6.45) is 11.8. The number of halogens is 3. The van der Waals surface area contributed by atoms with Gasteiger partial charge in [-0.05, 0) is 79.2 Å². The lowest BCUT2D eigenvalue weighted by molar-refractivity contribution is -0.0200. The zero-order valence-electron chi connectivity index (χ0n) is 22.5. The van der Waals surface area contributed by atoms with Gasteiger partial charge in [-0.25, -0.2) is 13.2 Å². The average molecular weight is 521 g/mol. The van der Waals surface area contributed by atoms with E-state index in [2.05, 4.69) is 13.5 Å². The van der Waals surface area contributed by atoms with Crippen LogP contribution in [0.4, 0.5) is 13.2 Å². The van der Waals surface area contributed by atoms with Gasteiger partial charge in [-0.1, -0.05) is 80.8 Å². The van der Waals surface area contributed by atoms with E-state index in [0.717, 1.165) is 44.3 Å². The van der Waals surface area contributed by atoms with E-state index in [9.17, 15) is 8.78 Å². The third kappa shape index (κ3) is 6.96. The summed E-state index contributed by atoms with van der Waals surface area (Å²) in [6.45, 7) is 6.65. The topological polar surface area (TPSA) is 9.23 Å². The molecule has 3 aromatic rings. The monoisotopic (exact) mass is 520 g/mol. The normalized spacial score (nSPS) is 17.5. The van der Waals surface area contributed by atoms with Crippen LogP contribution in [-0.4, -0.2) is 6.61 Å². The summed E-state index contributed by atoms with van der Waals surface area (Å²) in [4.78, 5) is 0. The maximum atomic E-state index is 15.1. The number of rotatable bonds is 12. The van der Waals surface area contributed by atoms with Crippen molar-refractivity contribution >= 4 is 0 Å². The molecule has 1 aliphatic rings. The van der Waals surface area contributed by atoms with Crippen LogP contribution in [0.5, 0.6) is 0 Å². The van der Waals surface area contributed by atoms with Gasteiger partial charge in [0.2, 0.25) is 0 Å². The molecule has 1 heterocycles. The average Bonchev–Trinajstić information content (AvgIpc) is 2.94. The minimum absolute atomic E-state index is 0.0637. The van der Waals surface area contributed by atoms with Gasteiger partial charge in [-0.15, -0.1) is 6.58 Å². The molecule has 4 heteroatoms. The lowest BCUT2D eigenvalue weighted by Crippen LogP contribution is -2.20. The van der Waals surface area contributed by atoms with Crippen LogP contribution in [0.15, 0.2) is 67.3 Å². The van der Waals surface area contributed by atoms with Crippen molar-refractivity contribution in [3.05, 3.63) is 95.8 Å². The minimum Gasteiger partial charge on any atom is -0.373 e. The summed E-state index contributed by atoms with van der Waals surface area (Å²) >= 11 is 0. The number of aryl methyl sites for hydroxylation is 1. The van der Waals surface area contributed by atoms with E-state index in [-0.39, 0.29) is 17.5 Å². The fraction of sp³-hybridized carbons (Fsp3) is 0.412. The molecule has 0 amide bonds. The first-order chi connectivity index (χ1) is 18.5. The van der Waals surface area contributed by atoms with Crippen molar-refractivity contribution in [2.75, 3.05) is 6.61 Å². The van der Waals surface area contributed by atoms with Crippen LogP contribution in [0.25, 0.3) is 22.3 Å². The Morgan fingerprint density at radius 3 is 2.24 bits per heavy atom. The number of ether oxygens (including phenoxy) is 1. The Balaban J connectivity index is 1.41. The molecular weight excluding hydrogens is 481 g/mol. The maximum Gasteiger partial charge on any atom is 0.166 e. The Morgan fingerprint density at radius 1 is 0.842 bits per heavy atom. The van der Waals surface area contributed by atoms with Crippen LogP contribution >= 0.6 is 0 Å². The van der Waals surface area contributed by atoms with Gasteiger partial charge in [0.25, 0.3) is 0 Å². The summed E-state index contributed by atoms with van der Waals surface area (Å²) in [5, 5.41) is 0. The van der Waals surface area contributed by atoms with Crippen molar-refractivity contribution in [1.82, 2.24) is 0 Å². The molecule has 0 bridgehead atoms. The first-order valence-corrected chi connectivity index (χ1v) is 14.1. The van der Waals surface area contributed by atoms with E-state index < -0.39 is 11.6 Å². The molecule has 0 spiro atoms. The quantitative estimate of drug-likeness (QED) is 0.170. The van der Waals surface area contributed by atoms with E-state index in [4.69, 9.17) is 4.74 Å². The lowest BCUT2D eigenvalue weighted by Gasteiger charge is -2.29. The van der Waals surface area contributed by atoms with E-state index >= 15 is 4.39 Å². The molecule has 0 N–H and O–H groups in total. The third-order valence-electron chi connectivity index (χ3n) is 7.72. The van der Waals surface area contributed by atoms with Gasteiger partial charge in [-0.3, -0.25) is 0 Å². The molecule has 1 fully saturated rings. The lowest BCUT2D eigenvalue weighted by atomic mass is 9.90. The van der Waals surface area contributed by atoms with Crippen LogP contribution in [0.1, 0.15) is 81.9 Å². The van der Waals surface area contributed by atoms with Gasteiger partial charge in [0.15, 0.2) is 11.6 Å². The molecule has 0 aliphatic carbocycles. The molecule has 0 aromatic heterocycles. The van der Waals surface area contributed by atoms with Gasteiger partial charge in [0.1, 0.15) is 5.82 Å². The fourth-order valence-corrected chi connectivity index (χ4v) is 5.38. The van der Waals surface area contributed by atoms with Crippen molar-refractivity contribution in [3.8, 4) is 22.3 Å². The number of benzene rings is 3. The summed E-state index contributed by atoms with van der Waals surface area (Å²) in [5.41, 5.74) is 3.21. The van der Waals surface area contributed by atoms with Gasteiger partial charge < -0.3 is 4.74 Å². The van der Waals surface area contributed by atoms with Crippen molar-refractivity contribution in [1.29, 1.82) is 0 Å². The van der Waals surface area contributed by atoms with Gasteiger partial charge in [0.05, 0.1) is 12.7 Å². The number of allylic oxidation sites excluding steroid dienone is 1. The maximum absolute atomic E-state index is 15.1. The first-order valence-electron chi connectivity index (χ1n) is 14.1. The van der Waals surface area contributed by atoms with E-state index in [1.165, 1.54) is 25.7 Å². The molecule has 1 aliphatic heterocycles. The van der Waals surface area contributed by atoms with Gasteiger partial charge in [0, 0.05) is 11.1 Å². The van der Waals surface area contributed by atoms with Crippen LogP contribution in [0, 0.1) is 23.4 Å². The number of hydrogen-bond donors (Lipinski definition) is 0. The molecule has 202 valence electrons. The molecule has 4 rings (SSSR count). The van der Waals surface area contributed by atoms with Crippen LogP contribution in [-0.2, 0) is 11.2 Å². The highest BCUT2D eigenvalue weighted by Crippen LogP contribution is 2.35. The van der Waals surface area contributed by atoms with Crippen LogP contribution in [0.3, 0.4) is 0 Å². The second kappa shape index (κ2) is 13.8. The SMILES string of the molecule is C=CCCCCc1ccc(-c2ccc(-c3ccc(C4CCC(CCCCC)CO4)cc3F)cc2)c(F)c1F. The van der Waals surface area contributed by atoms with Gasteiger partial charge in [-0.2, -0.15) is 0 Å². The standard InChI is InChI=1S/C34H39F3O/c1-3-5-7-9-11-27-17-20-30(34(37)33(27)36)26-15-13-25(14-16-26)29-19-18-28(22-31(29)35)32-21-12-24(23-38-32)10-8-6-4-2/h3,13-20,22,24,32H,1,4-12,21,23H2,2H3. The summed E-state index contributed by atoms with van der Waals surface area (Å²) < 4.78 is 50.8. The zero-order valence-corrected chi connectivity index (χ0v) is 22.5. The molecule has 0 radical (unpaired) electrons. The molecule has 2 atom stereocenters. The van der Waals surface area contributed by atoms with E-state index in [0.29, 0.717) is 34.6 Å². The molecule has 1 saturated heterocycles. The zero-order chi connectivity index (χ0) is 26.9. The highest BCUT2D eigenvalue weighted by atomic mass is 19.2. The van der Waals surface area contributed by atoms with Crippen LogP contribution < -0.4 is 0 Å². The highest BCUT2D eigenvalue weighted by Gasteiger charge is 2.23. The molecule has 3 aromatic carbocycles. The minimum atomic E-state index is -0.838. The summed E-state index contributed by atoms with van der Waals surface area (Å²) in [7, 11) is 0. The fourth-order valence-electron chi connectivity index (χ4n) is 5.38. The first kappa shape index (κ1) is 28.2. The smallest absolute Gasteiger partial charge is 0.166 e. The Hall–Kier alpha value is -2.85. The Kier molecular flexibility index (Phi) is 10.2. The number of hydrogen-bond acceptors (Lipinski definition) is 1. The Labute approximate surface area is 225 Å². The molecular formula is C34H39F3O. The van der Waals surface area contributed by atoms with Crippen LogP contribution in [0.2, 0.25) is 0 Å². The summed E-state index contributed by atoms with van der Waals surface area (Å²) in [5.74, 6) is -1.32.